The van der Waals surface area contributed by atoms with Crippen molar-refractivity contribution in [2.24, 2.45) is 0 Å². The molecule has 0 aliphatic carbocycles. The number of rotatable bonds is 56. The number of carbonyl (C=O) groups is 3. The maximum absolute atomic E-state index is 12.9. The number of ether oxygens (including phenoxy) is 3. The van der Waals surface area contributed by atoms with Crippen molar-refractivity contribution < 1.29 is 28.6 Å². The average molecular weight is 1040 g/mol. The summed E-state index contributed by atoms with van der Waals surface area (Å²) < 4.78 is 16.9. The largest absolute Gasteiger partial charge is 0.462 e. The van der Waals surface area contributed by atoms with Crippen LogP contribution in [0.5, 0.6) is 0 Å². The molecule has 0 aliphatic rings. The Labute approximate surface area is 463 Å². The first kappa shape index (κ1) is 71.1. The summed E-state index contributed by atoms with van der Waals surface area (Å²) in [5, 5.41) is 0. The van der Waals surface area contributed by atoms with E-state index in [0.29, 0.717) is 19.3 Å². The van der Waals surface area contributed by atoms with Crippen LogP contribution in [-0.2, 0) is 28.6 Å². The van der Waals surface area contributed by atoms with Crippen LogP contribution in [0.1, 0.15) is 290 Å². The fourth-order valence-electron chi connectivity index (χ4n) is 8.57. The van der Waals surface area contributed by atoms with Crippen molar-refractivity contribution in [3.05, 3.63) is 109 Å². The lowest BCUT2D eigenvalue weighted by Gasteiger charge is -2.18. The maximum atomic E-state index is 12.9. The Morgan fingerprint density at radius 2 is 0.520 bits per heavy atom. The van der Waals surface area contributed by atoms with Crippen molar-refractivity contribution in [2.45, 2.75) is 297 Å². The molecule has 6 heteroatoms. The van der Waals surface area contributed by atoms with E-state index in [4.69, 9.17) is 14.2 Å². The molecule has 0 N–H and O–H groups in total. The van der Waals surface area contributed by atoms with E-state index in [2.05, 4.69) is 130 Å². The van der Waals surface area contributed by atoms with E-state index in [1.54, 1.807) is 0 Å². The predicted octanol–water partition coefficient (Wildman–Crippen LogP) is 21.4. The van der Waals surface area contributed by atoms with Gasteiger partial charge in [-0.25, -0.2) is 0 Å². The average Bonchev–Trinajstić information content (AvgIpc) is 3.41. The predicted molar refractivity (Wildman–Crippen MR) is 325 cm³/mol. The zero-order valence-electron chi connectivity index (χ0n) is 49.0. The van der Waals surface area contributed by atoms with Gasteiger partial charge in [-0.1, -0.05) is 271 Å². The van der Waals surface area contributed by atoms with Crippen molar-refractivity contribution in [3.63, 3.8) is 0 Å². The number of hydrogen-bond donors (Lipinski definition) is 0. The second-order valence-electron chi connectivity index (χ2n) is 20.6. The highest BCUT2D eigenvalue weighted by atomic mass is 16.6. The van der Waals surface area contributed by atoms with Gasteiger partial charge in [0.25, 0.3) is 0 Å². The Morgan fingerprint density at radius 3 is 0.853 bits per heavy atom. The smallest absolute Gasteiger partial charge is 0.306 e. The molecule has 0 fully saturated rings. The Balaban J connectivity index is 4.43. The van der Waals surface area contributed by atoms with E-state index >= 15 is 0 Å². The Hall–Kier alpha value is -3.93. The second-order valence-corrected chi connectivity index (χ2v) is 20.6. The molecule has 0 bridgehead atoms. The third-order valence-corrected chi connectivity index (χ3v) is 13.3. The van der Waals surface area contributed by atoms with Gasteiger partial charge in [-0.15, -0.1) is 0 Å². The van der Waals surface area contributed by atoms with Crippen LogP contribution in [0.2, 0.25) is 0 Å². The summed E-state index contributed by atoms with van der Waals surface area (Å²) in [6.07, 6.45) is 85.2. The Kier molecular flexibility index (Phi) is 59.3. The van der Waals surface area contributed by atoms with Gasteiger partial charge in [0.1, 0.15) is 13.2 Å². The molecule has 0 saturated carbocycles. The first-order valence-electron chi connectivity index (χ1n) is 31.4. The summed E-state index contributed by atoms with van der Waals surface area (Å²) in [6.45, 7) is 6.50. The molecule has 0 heterocycles. The summed E-state index contributed by atoms with van der Waals surface area (Å²) in [4.78, 5) is 38.2. The van der Waals surface area contributed by atoms with Gasteiger partial charge in [0.2, 0.25) is 0 Å². The quantitative estimate of drug-likeness (QED) is 0.0261. The fourth-order valence-corrected chi connectivity index (χ4v) is 8.57. The number of unbranched alkanes of at least 4 members (excludes halogenated alkanes) is 27. The minimum atomic E-state index is -0.801. The van der Waals surface area contributed by atoms with Gasteiger partial charge >= 0.3 is 17.9 Å². The van der Waals surface area contributed by atoms with Crippen LogP contribution >= 0.6 is 0 Å². The minimum Gasteiger partial charge on any atom is -0.462 e. The summed E-state index contributed by atoms with van der Waals surface area (Å²) in [5.41, 5.74) is 0. The third kappa shape index (κ3) is 60.8. The molecule has 0 radical (unpaired) electrons. The van der Waals surface area contributed by atoms with E-state index in [-0.39, 0.29) is 31.1 Å². The number of carbonyl (C=O) groups excluding carboxylic acids is 3. The van der Waals surface area contributed by atoms with Gasteiger partial charge in [0, 0.05) is 19.3 Å². The monoisotopic (exact) mass is 1040 g/mol. The zero-order valence-corrected chi connectivity index (χ0v) is 49.0. The lowest BCUT2D eigenvalue weighted by atomic mass is 10.0. The van der Waals surface area contributed by atoms with E-state index < -0.39 is 6.10 Å². The molecule has 0 aliphatic heterocycles. The summed E-state index contributed by atoms with van der Waals surface area (Å²) >= 11 is 0. The molecule has 0 rings (SSSR count). The lowest BCUT2D eigenvalue weighted by molar-refractivity contribution is -0.167. The van der Waals surface area contributed by atoms with Crippen LogP contribution in [0.25, 0.3) is 0 Å². The van der Waals surface area contributed by atoms with Crippen molar-refractivity contribution >= 4 is 17.9 Å². The highest BCUT2D eigenvalue weighted by Crippen LogP contribution is 2.16. The normalized spacial score (nSPS) is 12.8. The minimum absolute atomic E-state index is 0.0937. The Morgan fingerprint density at radius 1 is 0.280 bits per heavy atom. The number of esters is 3. The van der Waals surface area contributed by atoms with Crippen LogP contribution < -0.4 is 0 Å². The fraction of sp³-hybridized carbons (Fsp3) is 0.696. The van der Waals surface area contributed by atoms with Gasteiger partial charge in [-0.2, -0.15) is 0 Å². The van der Waals surface area contributed by atoms with E-state index in [0.717, 1.165) is 122 Å². The Bertz CT molecular complexity index is 1520. The van der Waals surface area contributed by atoms with Gasteiger partial charge in [-0.3, -0.25) is 14.4 Å². The summed E-state index contributed by atoms with van der Waals surface area (Å²) in [7, 11) is 0. The molecule has 0 aromatic rings. The van der Waals surface area contributed by atoms with Crippen LogP contribution in [0.4, 0.5) is 0 Å². The maximum Gasteiger partial charge on any atom is 0.306 e. The SMILES string of the molecule is CC/C=C\C/C=C\C/C=C\C/C=C\C/C=C\C/C=C\C/C=C\C/C=C\CCCCC(=O)OCC(COC(=O)CCCCCCCCCCCCCCCCC)OC(=O)CCCCCCC/C=C\CCCCCCCC. The van der Waals surface area contributed by atoms with Gasteiger partial charge in [0.15, 0.2) is 6.10 Å². The van der Waals surface area contributed by atoms with Crippen LogP contribution in [-0.4, -0.2) is 37.2 Å². The number of hydrogen-bond acceptors (Lipinski definition) is 6. The highest BCUT2D eigenvalue weighted by molar-refractivity contribution is 5.71. The lowest BCUT2D eigenvalue weighted by Crippen LogP contribution is -2.30. The molecule has 0 amide bonds. The molecule has 0 aromatic heterocycles. The molecule has 428 valence electrons. The molecular formula is C69H116O6. The van der Waals surface area contributed by atoms with Crippen LogP contribution in [0.15, 0.2) is 109 Å². The summed E-state index contributed by atoms with van der Waals surface area (Å²) in [5.74, 6) is -0.941. The van der Waals surface area contributed by atoms with E-state index in [1.807, 2.05) is 0 Å². The van der Waals surface area contributed by atoms with E-state index in [1.165, 1.54) is 128 Å². The molecule has 0 saturated heterocycles. The topological polar surface area (TPSA) is 78.9 Å². The van der Waals surface area contributed by atoms with Gasteiger partial charge in [-0.05, 0) is 109 Å². The van der Waals surface area contributed by atoms with Gasteiger partial charge in [0.05, 0.1) is 0 Å². The molecular weight excluding hydrogens is 925 g/mol. The molecule has 6 nitrogen and oxygen atoms in total. The first-order chi connectivity index (χ1) is 37.0. The first-order valence-corrected chi connectivity index (χ1v) is 31.4. The standard InChI is InChI=1S/C69H116O6/c1-4-7-10-13-16-19-22-25-28-29-30-31-32-33-34-35-36-37-38-39-42-44-47-50-53-56-59-62-68(71)74-65-66(75-69(72)63-60-57-54-51-48-45-41-27-24-21-18-15-12-9-6-3)64-73-67(70)61-58-55-52-49-46-43-40-26-23-20-17-14-11-8-5-2/h7,10,16,19,25,27-28,30-31,33-34,36-37,39,41-42,47,50,66H,4-6,8-9,11-15,17-18,20-24,26,29,32,35,38,40,43-46,48-49,51-65H2,1-3H3/b10-7-,19-16-,28-25-,31-30-,34-33-,37-36-,41-27-,42-39-,50-47-. The molecule has 0 spiro atoms. The van der Waals surface area contributed by atoms with E-state index in [9.17, 15) is 14.4 Å². The zero-order chi connectivity index (χ0) is 54.3. The summed E-state index contributed by atoms with van der Waals surface area (Å²) in [6, 6.07) is 0. The third-order valence-electron chi connectivity index (χ3n) is 13.3. The number of allylic oxidation sites excluding steroid dienone is 18. The molecule has 75 heavy (non-hydrogen) atoms. The second kappa shape index (κ2) is 62.6. The van der Waals surface area contributed by atoms with Crippen LogP contribution in [0, 0.1) is 0 Å². The van der Waals surface area contributed by atoms with Crippen molar-refractivity contribution in [1.29, 1.82) is 0 Å². The molecule has 1 unspecified atom stereocenters. The van der Waals surface area contributed by atoms with Crippen molar-refractivity contribution in [1.82, 2.24) is 0 Å². The van der Waals surface area contributed by atoms with Gasteiger partial charge < -0.3 is 14.2 Å². The van der Waals surface area contributed by atoms with Crippen LogP contribution in [0.3, 0.4) is 0 Å². The molecule has 0 aromatic carbocycles. The molecule has 1 atom stereocenters. The highest BCUT2D eigenvalue weighted by Gasteiger charge is 2.19. The van der Waals surface area contributed by atoms with Crippen molar-refractivity contribution in [3.8, 4) is 0 Å². The van der Waals surface area contributed by atoms with Crippen molar-refractivity contribution in [2.75, 3.05) is 13.2 Å².